The van der Waals surface area contributed by atoms with Gasteiger partial charge in [0.1, 0.15) is 5.60 Å². The van der Waals surface area contributed by atoms with E-state index >= 15 is 0 Å². The number of hydrogen-bond acceptors (Lipinski definition) is 5. The van der Waals surface area contributed by atoms with Crippen molar-refractivity contribution in [1.29, 1.82) is 0 Å². The first kappa shape index (κ1) is 17.5. The first-order valence-electron chi connectivity index (χ1n) is 6.90. The Hall–Kier alpha value is -2.84. The highest BCUT2D eigenvalue weighted by Gasteiger charge is 2.17. The van der Waals surface area contributed by atoms with Crippen molar-refractivity contribution in [3.63, 3.8) is 0 Å². The van der Waals surface area contributed by atoms with Gasteiger partial charge in [-0.15, -0.1) is 10.2 Å². The Balaban J connectivity index is 2.05. The normalized spacial score (nSPS) is 11.1. The van der Waals surface area contributed by atoms with Gasteiger partial charge in [-0.25, -0.2) is 18.0 Å². The molecule has 1 heterocycles. The van der Waals surface area contributed by atoms with Gasteiger partial charge < -0.3 is 10.1 Å². The van der Waals surface area contributed by atoms with Crippen LogP contribution >= 0.6 is 0 Å². The summed E-state index contributed by atoms with van der Waals surface area (Å²) in [6.45, 7) is 5.13. The molecule has 0 fully saturated rings. The Labute approximate surface area is 136 Å². The summed E-state index contributed by atoms with van der Waals surface area (Å²) in [4.78, 5) is 11.6. The summed E-state index contributed by atoms with van der Waals surface area (Å²) in [5.41, 5.74) is -0.959. The number of benzene rings is 1. The third-order valence-electron chi connectivity index (χ3n) is 2.59. The van der Waals surface area contributed by atoms with Gasteiger partial charge in [-0.1, -0.05) is 0 Å². The lowest BCUT2D eigenvalue weighted by molar-refractivity contribution is 0.0635. The van der Waals surface area contributed by atoms with Crippen LogP contribution in [0.3, 0.4) is 0 Å². The molecule has 24 heavy (non-hydrogen) atoms. The molecule has 0 aliphatic heterocycles. The van der Waals surface area contributed by atoms with E-state index in [2.05, 4.69) is 20.8 Å². The van der Waals surface area contributed by atoms with Crippen molar-refractivity contribution in [1.82, 2.24) is 10.2 Å². The van der Waals surface area contributed by atoms with Gasteiger partial charge in [0.05, 0.1) is 5.69 Å². The summed E-state index contributed by atoms with van der Waals surface area (Å²) in [6.07, 6.45) is -0.704. The quantitative estimate of drug-likeness (QED) is 0.827. The van der Waals surface area contributed by atoms with Gasteiger partial charge >= 0.3 is 6.09 Å². The Kier molecular flexibility index (Phi) is 4.91. The van der Waals surface area contributed by atoms with Crippen molar-refractivity contribution >= 4 is 23.4 Å². The number of halogens is 3. The first-order chi connectivity index (χ1) is 11.2. The molecular formula is C15H15F3N4O2. The van der Waals surface area contributed by atoms with E-state index in [1.54, 1.807) is 20.8 Å². The van der Waals surface area contributed by atoms with Crippen LogP contribution in [-0.4, -0.2) is 21.9 Å². The van der Waals surface area contributed by atoms with Crippen LogP contribution < -0.4 is 10.6 Å². The number of ether oxygens (including phenoxy) is 1. The van der Waals surface area contributed by atoms with E-state index in [0.29, 0.717) is 0 Å². The van der Waals surface area contributed by atoms with Crippen LogP contribution in [0.15, 0.2) is 24.3 Å². The largest absolute Gasteiger partial charge is 0.444 e. The Bertz CT molecular complexity index is 746. The van der Waals surface area contributed by atoms with E-state index in [1.807, 2.05) is 0 Å². The van der Waals surface area contributed by atoms with E-state index in [1.165, 1.54) is 12.1 Å². The molecule has 0 saturated carbocycles. The number of nitrogens with one attached hydrogen (secondary N) is 2. The second kappa shape index (κ2) is 6.73. The maximum absolute atomic E-state index is 13.6. The zero-order valence-corrected chi connectivity index (χ0v) is 13.2. The lowest BCUT2D eigenvalue weighted by atomic mass is 10.2. The van der Waals surface area contributed by atoms with Crippen molar-refractivity contribution < 1.29 is 22.7 Å². The van der Waals surface area contributed by atoms with Gasteiger partial charge in [-0.2, -0.15) is 0 Å². The van der Waals surface area contributed by atoms with Crippen molar-refractivity contribution in [3.05, 3.63) is 41.7 Å². The summed E-state index contributed by atoms with van der Waals surface area (Å²) in [5, 5.41) is 12.2. The molecular weight excluding hydrogens is 325 g/mol. The average Bonchev–Trinajstić information content (AvgIpc) is 2.48. The molecule has 0 unspecified atom stereocenters. The van der Waals surface area contributed by atoms with E-state index in [9.17, 15) is 18.0 Å². The maximum Gasteiger partial charge on any atom is 0.413 e. The van der Waals surface area contributed by atoms with Gasteiger partial charge in [0.2, 0.25) is 0 Å². The fourth-order valence-electron chi connectivity index (χ4n) is 1.63. The Morgan fingerprint density at radius 1 is 1.00 bits per heavy atom. The molecule has 128 valence electrons. The molecule has 0 radical (unpaired) electrons. The number of hydrogen-bond donors (Lipinski definition) is 2. The van der Waals surface area contributed by atoms with Crippen molar-refractivity contribution in [2.24, 2.45) is 0 Å². The van der Waals surface area contributed by atoms with Crippen LogP contribution in [0.2, 0.25) is 0 Å². The average molecular weight is 340 g/mol. The highest BCUT2D eigenvalue weighted by Crippen LogP contribution is 2.22. The summed E-state index contributed by atoms with van der Waals surface area (Å²) >= 11 is 0. The summed E-state index contributed by atoms with van der Waals surface area (Å²) < 4.78 is 44.6. The molecule has 2 rings (SSSR count). The van der Waals surface area contributed by atoms with Crippen LogP contribution in [-0.2, 0) is 4.74 Å². The SMILES string of the molecule is CC(C)(C)OC(=O)Nc1ccc(Nc2ccc(F)c(F)c2F)nn1. The first-order valence-corrected chi connectivity index (χ1v) is 6.90. The molecule has 9 heteroatoms. The fourth-order valence-corrected chi connectivity index (χ4v) is 1.63. The number of carbonyl (C=O) groups is 1. The highest BCUT2D eigenvalue weighted by molar-refractivity contribution is 5.83. The standard InChI is InChI=1S/C15H15F3N4O2/c1-15(2,3)24-14(23)20-11-7-6-10(21-22-11)19-9-5-4-8(16)12(17)13(9)18/h4-7H,1-3H3,(H,19,21)(H,20,22,23). The molecule has 1 aromatic carbocycles. The van der Waals surface area contributed by atoms with Crippen LogP contribution in [0.4, 0.5) is 35.3 Å². The molecule has 2 N–H and O–H groups in total. The number of anilines is 3. The van der Waals surface area contributed by atoms with Crippen LogP contribution in [0.5, 0.6) is 0 Å². The van der Waals surface area contributed by atoms with Gasteiger partial charge in [0.25, 0.3) is 0 Å². The number of amides is 1. The van der Waals surface area contributed by atoms with Crippen molar-refractivity contribution in [2.75, 3.05) is 10.6 Å². The molecule has 0 bridgehead atoms. The number of nitrogens with zero attached hydrogens (tertiary/aromatic N) is 2. The van der Waals surface area contributed by atoms with Crippen LogP contribution in [0, 0.1) is 17.5 Å². The summed E-state index contributed by atoms with van der Waals surface area (Å²) in [5.74, 6) is -4.06. The molecule has 2 aromatic rings. The minimum absolute atomic E-state index is 0.0784. The maximum atomic E-state index is 13.6. The molecule has 0 spiro atoms. The van der Waals surface area contributed by atoms with Gasteiger partial charge in [0.15, 0.2) is 29.1 Å². The fraction of sp³-hybridized carbons (Fsp3) is 0.267. The van der Waals surface area contributed by atoms with Crippen LogP contribution in [0.25, 0.3) is 0 Å². The molecule has 1 aromatic heterocycles. The molecule has 0 aliphatic rings. The predicted molar refractivity (Wildman–Crippen MR) is 81.5 cm³/mol. The molecule has 0 atom stereocenters. The van der Waals surface area contributed by atoms with E-state index in [4.69, 9.17) is 4.74 Å². The molecule has 0 aliphatic carbocycles. The topological polar surface area (TPSA) is 76.1 Å². The number of rotatable bonds is 3. The highest BCUT2D eigenvalue weighted by atomic mass is 19.2. The molecule has 6 nitrogen and oxygen atoms in total. The number of carbonyl (C=O) groups excluding carboxylic acids is 1. The van der Waals surface area contributed by atoms with Gasteiger partial charge in [-0.05, 0) is 45.0 Å². The van der Waals surface area contributed by atoms with Gasteiger partial charge in [-0.3, -0.25) is 5.32 Å². The Morgan fingerprint density at radius 2 is 1.62 bits per heavy atom. The summed E-state index contributed by atoms with van der Waals surface area (Å²) in [7, 11) is 0. The minimum atomic E-state index is -1.59. The van der Waals surface area contributed by atoms with Crippen molar-refractivity contribution in [2.45, 2.75) is 26.4 Å². The van der Waals surface area contributed by atoms with E-state index < -0.39 is 29.1 Å². The van der Waals surface area contributed by atoms with E-state index in [0.717, 1.165) is 12.1 Å². The second-order valence-electron chi connectivity index (χ2n) is 5.78. The zero-order chi connectivity index (χ0) is 17.9. The zero-order valence-electron chi connectivity index (χ0n) is 13.2. The van der Waals surface area contributed by atoms with Crippen LogP contribution in [0.1, 0.15) is 20.8 Å². The third-order valence-corrected chi connectivity index (χ3v) is 2.59. The Morgan fingerprint density at radius 3 is 2.21 bits per heavy atom. The van der Waals surface area contributed by atoms with Crippen molar-refractivity contribution in [3.8, 4) is 0 Å². The monoisotopic (exact) mass is 340 g/mol. The predicted octanol–water partition coefficient (Wildman–Crippen LogP) is 3.98. The lowest BCUT2D eigenvalue weighted by Crippen LogP contribution is -2.27. The second-order valence-corrected chi connectivity index (χ2v) is 5.78. The lowest BCUT2D eigenvalue weighted by Gasteiger charge is -2.19. The molecule has 1 amide bonds. The summed E-state index contributed by atoms with van der Waals surface area (Å²) in [6, 6.07) is 4.58. The minimum Gasteiger partial charge on any atom is -0.444 e. The smallest absolute Gasteiger partial charge is 0.413 e. The van der Waals surface area contributed by atoms with Gasteiger partial charge in [0, 0.05) is 0 Å². The molecule has 0 saturated heterocycles. The number of aromatic nitrogens is 2. The van der Waals surface area contributed by atoms with E-state index in [-0.39, 0.29) is 17.3 Å². The third kappa shape index (κ3) is 4.58.